The van der Waals surface area contributed by atoms with Crippen LogP contribution in [0.5, 0.6) is 5.75 Å². The molecule has 214 valence electrons. The van der Waals surface area contributed by atoms with Gasteiger partial charge in [-0.1, -0.05) is 29.8 Å². The minimum Gasteiger partial charge on any atom is -0.485 e. The fourth-order valence-electron chi connectivity index (χ4n) is 4.54. The highest BCUT2D eigenvalue weighted by Crippen LogP contribution is 2.57. The van der Waals surface area contributed by atoms with Gasteiger partial charge in [0.25, 0.3) is 0 Å². The van der Waals surface area contributed by atoms with Crippen molar-refractivity contribution in [3.63, 3.8) is 0 Å². The average Bonchev–Trinajstić information content (AvgIpc) is 3.71. The lowest BCUT2D eigenvalue weighted by atomic mass is 10.1. The second kappa shape index (κ2) is 11.1. The molecule has 1 saturated carbocycles. The SMILES string of the molecule is O=c1c(OCC2(C(F)(F)F)CC2)c(N2CCN(S(=O)(=O)Cc3ccc(I)cc3)CC2)cnn1-c1cccc(Cl)c1. The highest BCUT2D eigenvalue weighted by molar-refractivity contribution is 14.1. The average molecular weight is 709 g/mol. The van der Waals surface area contributed by atoms with Crippen molar-refractivity contribution in [1.82, 2.24) is 14.1 Å². The van der Waals surface area contributed by atoms with Crippen molar-refractivity contribution < 1.29 is 26.3 Å². The Morgan fingerprint density at radius 3 is 2.33 bits per heavy atom. The number of nitrogens with zero attached hydrogens (tertiary/aromatic N) is 4. The first-order valence-electron chi connectivity index (χ1n) is 12.4. The summed E-state index contributed by atoms with van der Waals surface area (Å²) in [5, 5.41) is 4.59. The van der Waals surface area contributed by atoms with Crippen LogP contribution < -0.4 is 15.2 Å². The number of hydrogen-bond donors (Lipinski definition) is 0. The molecule has 0 bridgehead atoms. The van der Waals surface area contributed by atoms with E-state index in [1.165, 1.54) is 16.6 Å². The van der Waals surface area contributed by atoms with Gasteiger partial charge in [0.1, 0.15) is 17.7 Å². The number of alkyl halides is 3. The predicted molar refractivity (Wildman–Crippen MR) is 154 cm³/mol. The molecular formula is C26H25ClF3IN4O4S. The van der Waals surface area contributed by atoms with Crippen molar-refractivity contribution in [2.75, 3.05) is 37.7 Å². The Balaban J connectivity index is 1.39. The molecule has 5 rings (SSSR count). The van der Waals surface area contributed by atoms with Crippen LogP contribution in [0, 0.1) is 8.99 Å². The summed E-state index contributed by atoms with van der Waals surface area (Å²) in [7, 11) is -3.60. The summed E-state index contributed by atoms with van der Waals surface area (Å²) in [5.41, 5.74) is -1.49. The van der Waals surface area contributed by atoms with Crippen LogP contribution in [0.3, 0.4) is 0 Å². The van der Waals surface area contributed by atoms with Crippen molar-refractivity contribution in [3.05, 3.63) is 79.2 Å². The Morgan fingerprint density at radius 1 is 1.05 bits per heavy atom. The van der Waals surface area contributed by atoms with Crippen LogP contribution in [0.25, 0.3) is 5.69 Å². The molecule has 3 aromatic rings. The van der Waals surface area contributed by atoms with E-state index in [1.807, 2.05) is 12.1 Å². The molecule has 1 aromatic heterocycles. The molecular weight excluding hydrogens is 684 g/mol. The third-order valence-electron chi connectivity index (χ3n) is 7.15. The smallest absolute Gasteiger partial charge is 0.397 e. The van der Waals surface area contributed by atoms with Crippen LogP contribution in [-0.2, 0) is 15.8 Å². The number of anilines is 1. The van der Waals surface area contributed by atoms with Crippen LogP contribution in [0.15, 0.2) is 59.5 Å². The van der Waals surface area contributed by atoms with Gasteiger partial charge in [0.15, 0.2) is 0 Å². The molecule has 2 heterocycles. The van der Waals surface area contributed by atoms with E-state index >= 15 is 0 Å². The summed E-state index contributed by atoms with van der Waals surface area (Å²) >= 11 is 8.21. The molecule has 0 unspecified atom stereocenters. The fraction of sp³-hybridized carbons (Fsp3) is 0.385. The Bertz CT molecular complexity index is 1560. The van der Waals surface area contributed by atoms with Crippen LogP contribution in [-0.4, -0.2) is 61.5 Å². The summed E-state index contributed by atoms with van der Waals surface area (Å²) in [6.07, 6.45) is -3.24. The Labute approximate surface area is 247 Å². The molecule has 8 nitrogen and oxygen atoms in total. The first-order chi connectivity index (χ1) is 18.9. The van der Waals surface area contributed by atoms with E-state index in [-0.39, 0.29) is 56.2 Å². The van der Waals surface area contributed by atoms with Gasteiger partial charge in [0.05, 0.1) is 17.6 Å². The van der Waals surface area contributed by atoms with Gasteiger partial charge in [-0.25, -0.2) is 8.42 Å². The molecule has 14 heteroatoms. The van der Waals surface area contributed by atoms with Gasteiger partial charge in [-0.05, 0) is 71.3 Å². The number of rotatable bonds is 8. The second-order valence-corrected chi connectivity index (χ2v) is 13.5. The van der Waals surface area contributed by atoms with Crippen molar-refractivity contribution >= 4 is 49.9 Å². The molecule has 2 aromatic carbocycles. The lowest BCUT2D eigenvalue weighted by Gasteiger charge is -2.36. The van der Waals surface area contributed by atoms with E-state index < -0.39 is 33.8 Å². The molecule has 0 atom stereocenters. The lowest BCUT2D eigenvalue weighted by molar-refractivity contribution is -0.194. The molecule has 40 heavy (non-hydrogen) atoms. The number of sulfonamides is 1. The van der Waals surface area contributed by atoms with E-state index in [9.17, 15) is 26.4 Å². The monoisotopic (exact) mass is 708 g/mol. The third-order valence-corrected chi connectivity index (χ3v) is 9.95. The topological polar surface area (TPSA) is 84.7 Å². The number of piperazine rings is 1. The zero-order valence-electron chi connectivity index (χ0n) is 21.1. The highest BCUT2D eigenvalue weighted by atomic mass is 127. The first kappa shape index (κ1) is 29.1. The maximum atomic E-state index is 13.6. The molecule has 1 aliphatic carbocycles. The molecule has 1 saturated heterocycles. The maximum absolute atomic E-state index is 13.6. The number of aromatic nitrogens is 2. The van der Waals surface area contributed by atoms with Crippen molar-refractivity contribution in [1.29, 1.82) is 0 Å². The van der Waals surface area contributed by atoms with Gasteiger partial charge in [0, 0.05) is 34.8 Å². The van der Waals surface area contributed by atoms with E-state index in [4.69, 9.17) is 16.3 Å². The summed E-state index contributed by atoms with van der Waals surface area (Å²) in [6.45, 7) is -0.0152. The number of ether oxygens (including phenoxy) is 1. The summed E-state index contributed by atoms with van der Waals surface area (Å²) in [6, 6.07) is 13.6. The molecule has 0 spiro atoms. The minimum atomic E-state index is -4.46. The van der Waals surface area contributed by atoms with Crippen LogP contribution in [0.4, 0.5) is 18.9 Å². The zero-order valence-corrected chi connectivity index (χ0v) is 24.8. The van der Waals surface area contributed by atoms with Crippen molar-refractivity contribution in [2.45, 2.75) is 24.8 Å². The fourth-order valence-corrected chi connectivity index (χ4v) is 6.60. The van der Waals surface area contributed by atoms with Crippen LogP contribution in [0.2, 0.25) is 5.02 Å². The largest absolute Gasteiger partial charge is 0.485 e. The quantitative estimate of drug-likeness (QED) is 0.311. The van der Waals surface area contributed by atoms with Gasteiger partial charge < -0.3 is 9.64 Å². The third kappa shape index (κ3) is 6.11. The Kier molecular flexibility index (Phi) is 8.12. The minimum absolute atomic E-state index is 0.0729. The van der Waals surface area contributed by atoms with Gasteiger partial charge in [-0.2, -0.15) is 27.3 Å². The predicted octanol–water partition coefficient (Wildman–Crippen LogP) is 4.86. The van der Waals surface area contributed by atoms with Gasteiger partial charge >= 0.3 is 11.7 Å². The standard InChI is InChI=1S/C26H25ClF3IN4O4S/c27-19-2-1-3-21(14-19)35-24(36)23(39-17-25(8-9-25)26(28,29)30)22(15-32-35)33-10-12-34(13-11-33)40(37,38)16-18-4-6-20(31)7-5-18/h1-7,14-15H,8-13,16-17H2. The van der Waals surface area contributed by atoms with Crippen molar-refractivity contribution in [3.8, 4) is 11.4 Å². The van der Waals surface area contributed by atoms with Gasteiger partial charge in [-0.3, -0.25) is 4.79 Å². The van der Waals surface area contributed by atoms with Crippen LogP contribution >= 0.6 is 34.2 Å². The highest BCUT2D eigenvalue weighted by Gasteiger charge is 2.64. The second-order valence-electron chi connectivity index (χ2n) is 9.89. The van der Waals surface area contributed by atoms with E-state index in [0.717, 1.165) is 8.25 Å². The van der Waals surface area contributed by atoms with Gasteiger partial charge in [-0.15, -0.1) is 0 Å². The number of halogens is 5. The van der Waals surface area contributed by atoms with Crippen molar-refractivity contribution in [2.24, 2.45) is 5.41 Å². The zero-order chi connectivity index (χ0) is 28.7. The number of hydrogen-bond acceptors (Lipinski definition) is 6. The molecule has 2 fully saturated rings. The summed E-state index contributed by atoms with van der Waals surface area (Å²) < 4.78 is 76.0. The normalized spacial score (nSPS) is 17.6. The molecule has 2 aliphatic rings. The first-order valence-corrected chi connectivity index (χ1v) is 15.5. The number of benzene rings is 2. The van der Waals surface area contributed by atoms with E-state index in [1.54, 1.807) is 35.2 Å². The van der Waals surface area contributed by atoms with Gasteiger partial charge in [0.2, 0.25) is 15.8 Å². The molecule has 0 amide bonds. The summed E-state index contributed by atoms with van der Waals surface area (Å²) in [4.78, 5) is 15.2. The Hall–Kier alpha value is -2.36. The lowest BCUT2D eigenvalue weighted by Crippen LogP contribution is -2.49. The van der Waals surface area contributed by atoms with Crippen LogP contribution in [0.1, 0.15) is 18.4 Å². The van der Waals surface area contributed by atoms with E-state index in [0.29, 0.717) is 16.3 Å². The van der Waals surface area contributed by atoms with E-state index in [2.05, 4.69) is 27.7 Å². The molecule has 1 aliphatic heterocycles. The summed E-state index contributed by atoms with van der Waals surface area (Å²) in [5.74, 6) is -0.407. The Morgan fingerprint density at radius 2 is 1.73 bits per heavy atom. The maximum Gasteiger partial charge on any atom is 0.397 e. The molecule has 0 N–H and O–H groups in total. The molecule has 0 radical (unpaired) electrons.